The monoisotopic (exact) mass is 313 g/mol. The van der Waals surface area contributed by atoms with Gasteiger partial charge in [0.25, 0.3) is 0 Å². The molecule has 0 atom stereocenters. The number of benzene rings is 1. The van der Waals surface area contributed by atoms with Crippen LogP contribution in [0.2, 0.25) is 0 Å². The lowest BCUT2D eigenvalue weighted by molar-refractivity contribution is -0.138. The molecule has 0 radical (unpaired) electrons. The van der Waals surface area contributed by atoms with Crippen molar-refractivity contribution in [2.45, 2.75) is 6.18 Å². The predicted molar refractivity (Wildman–Crippen MR) is 68.7 cm³/mol. The standard InChI is InChI=1S/C11H6F3N5OS/c12-11(13,14)8-18-19-10(21-8)17-9(20)16-7-3-1-6(5-15)2-4-7/h1-4H,(H2,16,17,19,20). The molecule has 0 unspecified atom stereocenters. The summed E-state index contributed by atoms with van der Waals surface area (Å²) >= 11 is 0.223. The predicted octanol–water partition coefficient (Wildman–Crippen LogP) is 3.07. The van der Waals surface area contributed by atoms with Crippen molar-refractivity contribution in [3.8, 4) is 6.07 Å². The third-order valence-corrected chi connectivity index (χ3v) is 3.04. The molecule has 0 aliphatic rings. The number of hydrogen-bond acceptors (Lipinski definition) is 5. The van der Waals surface area contributed by atoms with Crippen LogP contribution in [0.25, 0.3) is 0 Å². The van der Waals surface area contributed by atoms with Gasteiger partial charge in [0.2, 0.25) is 10.1 Å². The van der Waals surface area contributed by atoms with Crippen LogP contribution < -0.4 is 10.6 Å². The Labute approximate surface area is 120 Å². The van der Waals surface area contributed by atoms with Crippen molar-refractivity contribution in [2.75, 3.05) is 10.6 Å². The molecule has 108 valence electrons. The zero-order valence-electron chi connectivity index (χ0n) is 10.1. The van der Waals surface area contributed by atoms with E-state index < -0.39 is 17.2 Å². The van der Waals surface area contributed by atoms with Gasteiger partial charge >= 0.3 is 12.2 Å². The zero-order valence-corrected chi connectivity index (χ0v) is 10.9. The van der Waals surface area contributed by atoms with Crippen molar-refractivity contribution >= 4 is 28.2 Å². The summed E-state index contributed by atoms with van der Waals surface area (Å²) in [5.41, 5.74) is 0.798. The molecular formula is C11H6F3N5OS. The molecule has 10 heteroatoms. The normalized spacial score (nSPS) is 10.8. The van der Waals surface area contributed by atoms with Crippen LogP contribution in [-0.2, 0) is 6.18 Å². The summed E-state index contributed by atoms with van der Waals surface area (Å²) in [7, 11) is 0. The number of nitrogens with zero attached hydrogens (tertiary/aromatic N) is 3. The molecular weight excluding hydrogens is 307 g/mol. The Balaban J connectivity index is 1.98. The average Bonchev–Trinajstić information content (AvgIpc) is 2.88. The minimum atomic E-state index is -4.60. The third-order valence-electron chi connectivity index (χ3n) is 2.16. The van der Waals surface area contributed by atoms with Crippen molar-refractivity contribution in [1.82, 2.24) is 10.2 Å². The van der Waals surface area contributed by atoms with Crippen LogP contribution in [0.1, 0.15) is 10.6 Å². The van der Waals surface area contributed by atoms with Gasteiger partial charge in [-0.2, -0.15) is 18.4 Å². The van der Waals surface area contributed by atoms with E-state index in [1.807, 2.05) is 6.07 Å². The number of alkyl halides is 3. The summed E-state index contributed by atoms with van der Waals surface area (Å²) < 4.78 is 36.9. The summed E-state index contributed by atoms with van der Waals surface area (Å²) in [6.45, 7) is 0. The van der Waals surface area contributed by atoms with E-state index in [0.717, 1.165) is 0 Å². The molecule has 0 spiro atoms. The smallest absolute Gasteiger partial charge is 0.308 e. The number of urea groups is 1. The maximum atomic E-state index is 12.3. The highest BCUT2D eigenvalue weighted by Gasteiger charge is 2.35. The first-order chi connectivity index (χ1) is 9.88. The first-order valence-electron chi connectivity index (χ1n) is 5.37. The molecule has 2 N–H and O–H groups in total. The lowest BCUT2D eigenvalue weighted by Gasteiger charge is -2.04. The van der Waals surface area contributed by atoms with E-state index in [9.17, 15) is 18.0 Å². The van der Waals surface area contributed by atoms with E-state index >= 15 is 0 Å². The summed E-state index contributed by atoms with van der Waals surface area (Å²) in [6, 6.07) is 7.10. The maximum absolute atomic E-state index is 12.3. The zero-order chi connectivity index (χ0) is 15.5. The SMILES string of the molecule is N#Cc1ccc(NC(=O)Nc2nnc(C(F)(F)F)s2)cc1. The Kier molecular flexibility index (Phi) is 4.04. The second-order valence-electron chi connectivity index (χ2n) is 3.68. The fourth-order valence-corrected chi connectivity index (χ4v) is 1.88. The highest BCUT2D eigenvalue weighted by atomic mass is 32.1. The Bertz CT molecular complexity index is 689. The molecule has 1 aromatic carbocycles. The summed E-state index contributed by atoms with van der Waals surface area (Å²) in [6.07, 6.45) is -4.60. The number of carbonyl (C=O) groups is 1. The molecule has 0 saturated heterocycles. The Morgan fingerprint density at radius 2 is 1.86 bits per heavy atom. The maximum Gasteiger partial charge on any atom is 0.445 e. The topological polar surface area (TPSA) is 90.7 Å². The van der Waals surface area contributed by atoms with E-state index in [-0.39, 0.29) is 16.5 Å². The van der Waals surface area contributed by atoms with Gasteiger partial charge in [0.05, 0.1) is 11.6 Å². The largest absolute Gasteiger partial charge is 0.445 e. The summed E-state index contributed by atoms with van der Waals surface area (Å²) in [5.74, 6) is 0. The second-order valence-corrected chi connectivity index (χ2v) is 4.66. The number of hydrogen-bond donors (Lipinski definition) is 2. The fourth-order valence-electron chi connectivity index (χ4n) is 1.28. The van der Waals surface area contributed by atoms with Gasteiger partial charge in [-0.15, -0.1) is 10.2 Å². The van der Waals surface area contributed by atoms with Crippen molar-refractivity contribution in [1.29, 1.82) is 5.26 Å². The number of carbonyl (C=O) groups excluding carboxylic acids is 1. The van der Waals surface area contributed by atoms with Crippen LogP contribution in [-0.4, -0.2) is 16.2 Å². The molecule has 0 aliphatic heterocycles. The van der Waals surface area contributed by atoms with Crippen molar-refractivity contribution in [3.05, 3.63) is 34.8 Å². The molecule has 1 heterocycles. The van der Waals surface area contributed by atoms with Crippen LogP contribution in [0.15, 0.2) is 24.3 Å². The molecule has 1 aromatic heterocycles. The first-order valence-corrected chi connectivity index (χ1v) is 6.19. The number of anilines is 2. The van der Waals surface area contributed by atoms with Gasteiger partial charge in [0, 0.05) is 5.69 Å². The van der Waals surface area contributed by atoms with Gasteiger partial charge in [0.15, 0.2) is 0 Å². The first kappa shape index (κ1) is 14.7. The minimum absolute atomic E-state index is 0.223. The van der Waals surface area contributed by atoms with E-state index in [1.54, 1.807) is 0 Å². The van der Waals surface area contributed by atoms with E-state index in [2.05, 4.69) is 20.8 Å². The average molecular weight is 313 g/mol. The van der Waals surface area contributed by atoms with Crippen molar-refractivity contribution < 1.29 is 18.0 Å². The van der Waals surface area contributed by atoms with Crippen LogP contribution >= 0.6 is 11.3 Å². The van der Waals surface area contributed by atoms with E-state index in [4.69, 9.17) is 5.26 Å². The summed E-state index contributed by atoms with van der Waals surface area (Å²) in [4.78, 5) is 11.6. The van der Waals surface area contributed by atoms with E-state index in [1.165, 1.54) is 24.3 Å². The Morgan fingerprint density at radius 1 is 1.19 bits per heavy atom. The van der Waals surface area contributed by atoms with Crippen LogP contribution in [0, 0.1) is 11.3 Å². The molecule has 21 heavy (non-hydrogen) atoms. The van der Waals surface area contributed by atoms with Crippen LogP contribution in [0.4, 0.5) is 28.8 Å². The third kappa shape index (κ3) is 3.90. The lowest BCUT2D eigenvalue weighted by atomic mass is 10.2. The number of aromatic nitrogens is 2. The van der Waals surface area contributed by atoms with Gasteiger partial charge in [-0.3, -0.25) is 5.32 Å². The molecule has 0 aliphatic carbocycles. The summed E-state index contributed by atoms with van der Waals surface area (Å²) in [5, 5.41) is 17.9. The highest BCUT2D eigenvalue weighted by molar-refractivity contribution is 7.15. The van der Waals surface area contributed by atoms with Gasteiger partial charge < -0.3 is 5.32 Å². The lowest BCUT2D eigenvalue weighted by Crippen LogP contribution is -2.19. The van der Waals surface area contributed by atoms with Gasteiger partial charge in [-0.1, -0.05) is 11.3 Å². The van der Waals surface area contributed by atoms with Crippen molar-refractivity contribution in [2.24, 2.45) is 0 Å². The number of amides is 2. The number of halogens is 3. The van der Waals surface area contributed by atoms with Gasteiger partial charge in [-0.25, -0.2) is 4.79 Å². The van der Waals surface area contributed by atoms with Crippen LogP contribution in [0.3, 0.4) is 0 Å². The molecule has 0 fully saturated rings. The second kappa shape index (κ2) is 5.76. The van der Waals surface area contributed by atoms with Gasteiger partial charge in [0.1, 0.15) is 0 Å². The number of nitrogens with one attached hydrogen (secondary N) is 2. The molecule has 2 rings (SSSR count). The molecule has 0 bridgehead atoms. The highest BCUT2D eigenvalue weighted by Crippen LogP contribution is 2.32. The van der Waals surface area contributed by atoms with Crippen molar-refractivity contribution in [3.63, 3.8) is 0 Å². The number of rotatable bonds is 2. The fraction of sp³-hybridized carbons (Fsp3) is 0.0909. The Morgan fingerprint density at radius 3 is 2.38 bits per heavy atom. The van der Waals surface area contributed by atoms with Gasteiger partial charge in [-0.05, 0) is 24.3 Å². The molecule has 2 amide bonds. The Hall–Kier alpha value is -2.67. The molecule has 2 aromatic rings. The quantitative estimate of drug-likeness (QED) is 0.891. The molecule has 6 nitrogen and oxygen atoms in total. The minimum Gasteiger partial charge on any atom is -0.308 e. The number of nitriles is 1. The van der Waals surface area contributed by atoms with Crippen LogP contribution in [0.5, 0.6) is 0 Å². The molecule has 0 saturated carbocycles. The van der Waals surface area contributed by atoms with E-state index in [0.29, 0.717) is 11.3 Å².